The number of piperidine rings is 1. The molecule has 2 N–H and O–H groups in total. The van der Waals surface area contributed by atoms with Crippen LogP contribution in [0.25, 0.3) is 11.0 Å². The predicted octanol–water partition coefficient (Wildman–Crippen LogP) is 5.57. The largest absolute Gasteiger partial charge is 0.342 e. The van der Waals surface area contributed by atoms with E-state index in [-0.39, 0.29) is 11.9 Å². The van der Waals surface area contributed by atoms with Crippen molar-refractivity contribution in [1.82, 2.24) is 14.9 Å². The number of H-pyrrole nitrogens is 1. The second-order valence-electron chi connectivity index (χ2n) is 8.17. The third-order valence-corrected chi connectivity index (χ3v) is 6.00. The number of imidazole rings is 1. The molecule has 1 saturated heterocycles. The maximum Gasteiger partial charge on any atom is 0.321 e. The smallest absolute Gasteiger partial charge is 0.321 e. The number of fused-ring (bicyclic) bond motifs is 1. The van der Waals surface area contributed by atoms with E-state index in [0.717, 1.165) is 53.9 Å². The molecule has 0 unspecified atom stereocenters. The summed E-state index contributed by atoms with van der Waals surface area (Å²) in [5.41, 5.74) is 5.25. The minimum Gasteiger partial charge on any atom is -0.342 e. The standard InChI is InChI=1S/C26H26N4O/c31-26(29-22-13-5-4-11-20(22)17-19-9-2-1-3-10-19)30-16-8-12-21(18-30)25-27-23-14-6-7-15-24(23)28-25/h1-7,9-11,13-15,21H,8,12,16-18H2,(H,27,28)(H,29,31)/t21-/m1/s1. The molecule has 5 heteroatoms. The number of nitrogens with one attached hydrogen (secondary N) is 2. The molecule has 1 fully saturated rings. The number of urea groups is 1. The molecular formula is C26H26N4O. The maximum absolute atomic E-state index is 13.1. The van der Waals surface area contributed by atoms with Crippen LogP contribution in [-0.4, -0.2) is 34.0 Å². The summed E-state index contributed by atoms with van der Waals surface area (Å²) in [6.07, 6.45) is 2.80. The van der Waals surface area contributed by atoms with Gasteiger partial charge in [0.05, 0.1) is 11.0 Å². The van der Waals surface area contributed by atoms with Crippen molar-refractivity contribution in [1.29, 1.82) is 0 Å². The molecule has 0 saturated carbocycles. The number of carbonyl (C=O) groups is 1. The van der Waals surface area contributed by atoms with Gasteiger partial charge < -0.3 is 15.2 Å². The Balaban J connectivity index is 1.29. The monoisotopic (exact) mass is 410 g/mol. The van der Waals surface area contributed by atoms with Crippen LogP contribution in [0.15, 0.2) is 78.9 Å². The molecule has 0 spiro atoms. The lowest BCUT2D eigenvalue weighted by Gasteiger charge is -2.32. The summed E-state index contributed by atoms with van der Waals surface area (Å²) >= 11 is 0. The Hall–Kier alpha value is -3.60. The number of aromatic amines is 1. The SMILES string of the molecule is O=C(Nc1ccccc1Cc1ccccc1)N1CCC[C@@H](c2nc3ccccc3[nH]2)C1. The molecule has 3 aromatic carbocycles. The Morgan fingerprint density at radius 1 is 1.00 bits per heavy atom. The highest BCUT2D eigenvalue weighted by atomic mass is 16.2. The van der Waals surface area contributed by atoms with Crippen molar-refractivity contribution in [2.24, 2.45) is 0 Å². The molecule has 1 aromatic heterocycles. The predicted molar refractivity (Wildman–Crippen MR) is 124 cm³/mol. The summed E-state index contributed by atoms with van der Waals surface area (Å²) in [5, 5.41) is 3.16. The van der Waals surface area contributed by atoms with Gasteiger partial charge in [-0.25, -0.2) is 9.78 Å². The zero-order valence-corrected chi connectivity index (χ0v) is 17.4. The minimum atomic E-state index is -0.0404. The lowest BCUT2D eigenvalue weighted by atomic mass is 9.97. The molecule has 1 atom stereocenters. The van der Waals surface area contributed by atoms with Crippen molar-refractivity contribution in [2.75, 3.05) is 18.4 Å². The highest BCUT2D eigenvalue weighted by Gasteiger charge is 2.27. The van der Waals surface area contributed by atoms with Crippen molar-refractivity contribution in [3.05, 3.63) is 95.8 Å². The number of hydrogen-bond donors (Lipinski definition) is 2. The number of carbonyl (C=O) groups excluding carboxylic acids is 1. The van der Waals surface area contributed by atoms with Crippen LogP contribution in [0, 0.1) is 0 Å². The van der Waals surface area contributed by atoms with Gasteiger partial charge in [-0.1, -0.05) is 60.7 Å². The van der Waals surface area contributed by atoms with E-state index in [1.54, 1.807) is 0 Å². The van der Waals surface area contributed by atoms with Crippen LogP contribution in [0.5, 0.6) is 0 Å². The van der Waals surface area contributed by atoms with Gasteiger partial charge in [-0.15, -0.1) is 0 Å². The van der Waals surface area contributed by atoms with E-state index in [1.165, 1.54) is 5.56 Å². The van der Waals surface area contributed by atoms with Gasteiger partial charge in [-0.05, 0) is 48.6 Å². The molecule has 0 bridgehead atoms. The third kappa shape index (κ3) is 4.31. The molecule has 1 aliphatic heterocycles. The van der Waals surface area contributed by atoms with Gasteiger partial charge in [0.2, 0.25) is 0 Å². The van der Waals surface area contributed by atoms with Gasteiger partial charge in [0.1, 0.15) is 5.82 Å². The first-order valence-corrected chi connectivity index (χ1v) is 10.9. The van der Waals surface area contributed by atoms with Gasteiger partial charge in [0, 0.05) is 24.7 Å². The average Bonchev–Trinajstić information content (AvgIpc) is 3.26. The van der Waals surface area contributed by atoms with Crippen LogP contribution in [0.4, 0.5) is 10.5 Å². The fourth-order valence-corrected chi connectivity index (χ4v) is 4.36. The molecule has 5 rings (SSSR count). The van der Waals surface area contributed by atoms with Crippen LogP contribution in [0.1, 0.15) is 35.7 Å². The van der Waals surface area contributed by atoms with E-state index in [1.807, 2.05) is 65.6 Å². The quantitative estimate of drug-likeness (QED) is 0.462. The molecule has 2 amide bonds. The van der Waals surface area contributed by atoms with Crippen LogP contribution in [0.2, 0.25) is 0 Å². The van der Waals surface area contributed by atoms with Crippen LogP contribution < -0.4 is 5.32 Å². The fraction of sp³-hybridized carbons (Fsp3) is 0.231. The van der Waals surface area contributed by atoms with Crippen molar-refractivity contribution in [3.8, 4) is 0 Å². The van der Waals surface area contributed by atoms with Gasteiger partial charge in [-0.3, -0.25) is 0 Å². The Morgan fingerprint density at radius 2 is 1.77 bits per heavy atom. The van der Waals surface area contributed by atoms with Gasteiger partial charge in [0.15, 0.2) is 0 Å². The number of rotatable bonds is 4. The molecule has 5 nitrogen and oxygen atoms in total. The summed E-state index contributed by atoms with van der Waals surface area (Å²) in [7, 11) is 0. The average molecular weight is 411 g/mol. The number of benzene rings is 3. The molecule has 31 heavy (non-hydrogen) atoms. The summed E-state index contributed by atoms with van der Waals surface area (Å²) in [5.74, 6) is 1.20. The third-order valence-electron chi connectivity index (χ3n) is 6.00. The van der Waals surface area contributed by atoms with Gasteiger partial charge >= 0.3 is 6.03 Å². The zero-order chi connectivity index (χ0) is 21.0. The van der Waals surface area contributed by atoms with Crippen LogP contribution in [0.3, 0.4) is 0 Å². The van der Waals surface area contributed by atoms with E-state index in [2.05, 4.69) is 28.5 Å². The molecule has 0 aliphatic carbocycles. The second kappa shape index (κ2) is 8.64. The van der Waals surface area contributed by atoms with Crippen molar-refractivity contribution < 1.29 is 4.79 Å². The van der Waals surface area contributed by atoms with E-state index < -0.39 is 0 Å². The molecule has 0 radical (unpaired) electrons. The highest BCUT2D eigenvalue weighted by Crippen LogP contribution is 2.27. The van der Waals surface area contributed by atoms with E-state index in [9.17, 15) is 4.79 Å². The maximum atomic E-state index is 13.1. The number of anilines is 1. The first-order chi connectivity index (χ1) is 15.3. The first kappa shape index (κ1) is 19.4. The number of aromatic nitrogens is 2. The summed E-state index contributed by atoms with van der Waals surface area (Å²) in [4.78, 5) is 23.2. The Kier molecular flexibility index (Phi) is 5.40. The van der Waals surface area contributed by atoms with E-state index >= 15 is 0 Å². The normalized spacial score (nSPS) is 16.4. The Bertz CT molecular complexity index is 1150. The van der Waals surface area contributed by atoms with Crippen molar-refractivity contribution in [3.63, 3.8) is 0 Å². The Morgan fingerprint density at radius 3 is 2.65 bits per heavy atom. The number of para-hydroxylation sites is 3. The molecular weight excluding hydrogens is 384 g/mol. The number of hydrogen-bond acceptors (Lipinski definition) is 2. The van der Waals surface area contributed by atoms with Crippen molar-refractivity contribution in [2.45, 2.75) is 25.2 Å². The summed E-state index contributed by atoms with van der Waals surface area (Å²) < 4.78 is 0. The zero-order valence-electron chi connectivity index (χ0n) is 17.4. The molecule has 4 aromatic rings. The summed E-state index contributed by atoms with van der Waals surface area (Å²) in [6.45, 7) is 1.44. The lowest BCUT2D eigenvalue weighted by molar-refractivity contribution is 0.191. The van der Waals surface area contributed by atoms with Gasteiger partial charge in [0.25, 0.3) is 0 Å². The molecule has 2 heterocycles. The second-order valence-corrected chi connectivity index (χ2v) is 8.17. The van der Waals surface area contributed by atoms with Gasteiger partial charge in [-0.2, -0.15) is 0 Å². The fourth-order valence-electron chi connectivity index (χ4n) is 4.36. The number of nitrogens with zero attached hydrogens (tertiary/aromatic N) is 2. The number of likely N-dealkylation sites (tertiary alicyclic amines) is 1. The molecule has 156 valence electrons. The first-order valence-electron chi connectivity index (χ1n) is 10.9. The topological polar surface area (TPSA) is 61.0 Å². The van der Waals surface area contributed by atoms with E-state index in [4.69, 9.17) is 4.98 Å². The summed E-state index contributed by atoms with van der Waals surface area (Å²) in [6, 6.07) is 26.4. The van der Waals surface area contributed by atoms with Crippen LogP contribution >= 0.6 is 0 Å². The highest BCUT2D eigenvalue weighted by molar-refractivity contribution is 5.90. The van der Waals surface area contributed by atoms with Crippen molar-refractivity contribution >= 4 is 22.8 Å². The Labute approximate surface area is 182 Å². The van der Waals surface area contributed by atoms with E-state index in [0.29, 0.717) is 6.54 Å². The lowest BCUT2D eigenvalue weighted by Crippen LogP contribution is -2.42. The number of amides is 2. The van der Waals surface area contributed by atoms with Crippen LogP contribution in [-0.2, 0) is 6.42 Å². The minimum absolute atomic E-state index is 0.0404. The molecule has 1 aliphatic rings.